The third-order valence-electron chi connectivity index (χ3n) is 4.45. The van der Waals surface area contributed by atoms with E-state index in [1.807, 2.05) is 11.6 Å². The summed E-state index contributed by atoms with van der Waals surface area (Å²) in [5.41, 5.74) is 1.91. The van der Waals surface area contributed by atoms with Crippen LogP contribution in [-0.4, -0.2) is 40.6 Å². The third kappa shape index (κ3) is 2.24. The molecule has 0 radical (unpaired) electrons. The zero-order chi connectivity index (χ0) is 14.5. The Morgan fingerprint density at radius 1 is 1.40 bits per heavy atom. The van der Waals surface area contributed by atoms with E-state index >= 15 is 0 Å². The fourth-order valence-corrected chi connectivity index (χ4v) is 5.05. The van der Waals surface area contributed by atoms with Crippen molar-refractivity contribution in [3.63, 3.8) is 0 Å². The molecule has 1 fully saturated rings. The summed E-state index contributed by atoms with van der Waals surface area (Å²) < 4.78 is 25.2. The predicted octanol–water partition coefficient (Wildman–Crippen LogP) is 0.512. The number of carboxylic acid groups (broad SMARTS) is 1. The first-order valence-corrected chi connectivity index (χ1v) is 8.67. The zero-order valence-corrected chi connectivity index (χ0v) is 12.2. The van der Waals surface area contributed by atoms with Gasteiger partial charge in [0.1, 0.15) is 5.82 Å². The monoisotopic (exact) mass is 298 g/mol. The fraction of sp³-hybridized carbons (Fsp3) is 0.692. The van der Waals surface area contributed by atoms with Crippen molar-refractivity contribution < 1.29 is 18.3 Å². The highest BCUT2D eigenvalue weighted by Crippen LogP contribution is 2.32. The van der Waals surface area contributed by atoms with E-state index in [-0.39, 0.29) is 23.3 Å². The van der Waals surface area contributed by atoms with Gasteiger partial charge in [-0.3, -0.25) is 4.79 Å². The molecule has 20 heavy (non-hydrogen) atoms. The van der Waals surface area contributed by atoms with Crippen molar-refractivity contribution in [3.8, 4) is 0 Å². The van der Waals surface area contributed by atoms with Crippen molar-refractivity contribution in [2.45, 2.75) is 31.6 Å². The van der Waals surface area contributed by atoms with Crippen LogP contribution in [0.15, 0.2) is 0 Å². The maximum atomic E-state index is 11.6. The van der Waals surface area contributed by atoms with Crippen LogP contribution in [0, 0.1) is 5.92 Å². The van der Waals surface area contributed by atoms with Crippen LogP contribution in [0.5, 0.6) is 0 Å². The molecule has 1 aliphatic heterocycles. The Bertz CT molecular complexity index is 662. The van der Waals surface area contributed by atoms with Gasteiger partial charge in [0.25, 0.3) is 0 Å². The molecular formula is C13H18N2O4S. The van der Waals surface area contributed by atoms with E-state index in [4.69, 9.17) is 5.11 Å². The molecule has 6 nitrogen and oxygen atoms in total. The average molecular weight is 298 g/mol. The maximum absolute atomic E-state index is 11.6. The zero-order valence-electron chi connectivity index (χ0n) is 11.4. The van der Waals surface area contributed by atoms with Crippen molar-refractivity contribution in [1.82, 2.24) is 9.55 Å². The molecular weight excluding hydrogens is 280 g/mol. The van der Waals surface area contributed by atoms with Crippen molar-refractivity contribution in [1.29, 1.82) is 0 Å². The van der Waals surface area contributed by atoms with Gasteiger partial charge >= 0.3 is 5.97 Å². The minimum absolute atomic E-state index is 0.0427. The molecule has 1 aromatic rings. The Hall–Kier alpha value is -1.37. The second-order valence-electron chi connectivity index (χ2n) is 5.80. The first kappa shape index (κ1) is 13.6. The topological polar surface area (TPSA) is 89.3 Å². The average Bonchev–Trinajstić information content (AvgIpc) is 2.89. The lowest BCUT2D eigenvalue weighted by Crippen LogP contribution is -2.22. The molecule has 2 aliphatic rings. The number of carbonyl (C=O) groups is 1. The molecule has 0 bridgehead atoms. The molecule has 3 rings (SSSR count). The van der Waals surface area contributed by atoms with E-state index in [9.17, 15) is 13.2 Å². The highest BCUT2D eigenvalue weighted by Gasteiger charge is 2.35. The van der Waals surface area contributed by atoms with Gasteiger partial charge in [-0.25, -0.2) is 13.4 Å². The van der Waals surface area contributed by atoms with E-state index in [2.05, 4.69) is 4.98 Å². The molecule has 2 heterocycles. The molecule has 1 saturated heterocycles. The lowest BCUT2D eigenvalue weighted by molar-refractivity contribution is -0.142. The van der Waals surface area contributed by atoms with Gasteiger partial charge in [0.2, 0.25) is 0 Å². The number of imidazole rings is 1. The first-order chi connectivity index (χ1) is 9.37. The summed E-state index contributed by atoms with van der Waals surface area (Å²) in [6.07, 6.45) is 2.41. The number of fused-ring (bicyclic) bond motifs is 1. The Morgan fingerprint density at radius 2 is 2.15 bits per heavy atom. The first-order valence-electron chi connectivity index (χ1n) is 6.85. The van der Waals surface area contributed by atoms with Crippen LogP contribution >= 0.6 is 0 Å². The Morgan fingerprint density at radius 3 is 2.75 bits per heavy atom. The number of nitrogens with zero attached hydrogens (tertiary/aromatic N) is 2. The van der Waals surface area contributed by atoms with Crippen LogP contribution in [0.4, 0.5) is 0 Å². The number of sulfone groups is 1. The normalized spacial score (nSPS) is 28.2. The number of hydrogen-bond donors (Lipinski definition) is 1. The van der Waals surface area contributed by atoms with Crippen molar-refractivity contribution >= 4 is 15.8 Å². The van der Waals surface area contributed by atoms with Crippen LogP contribution in [0.2, 0.25) is 0 Å². The highest BCUT2D eigenvalue weighted by atomic mass is 32.2. The molecule has 110 valence electrons. The standard InChI is InChI=1S/C13H18N2O4S/c1-15-11-3-2-8(13(16)17)6-10(11)14-12(15)9-4-5-20(18,19)7-9/h8-9H,2-7H2,1H3,(H,16,17). The van der Waals surface area contributed by atoms with Crippen LogP contribution < -0.4 is 0 Å². The number of rotatable bonds is 2. The largest absolute Gasteiger partial charge is 0.481 e. The number of aromatic nitrogens is 2. The SMILES string of the molecule is Cn1c(C2CCS(=O)(=O)C2)nc2c1CCC(C(=O)O)C2. The van der Waals surface area contributed by atoms with Crippen molar-refractivity contribution in [2.24, 2.45) is 13.0 Å². The van der Waals surface area contributed by atoms with Crippen LogP contribution in [0.25, 0.3) is 0 Å². The van der Waals surface area contributed by atoms with Gasteiger partial charge in [-0.05, 0) is 19.3 Å². The summed E-state index contributed by atoms with van der Waals surface area (Å²) in [5.74, 6) is 0.0244. The fourth-order valence-electron chi connectivity index (χ4n) is 3.31. The van der Waals surface area contributed by atoms with E-state index < -0.39 is 15.8 Å². The Labute approximate surface area is 117 Å². The van der Waals surface area contributed by atoms with E-state index in [0.717, 1.165) is 17.2 Å². The number of aliphatic carboxylic acids is 1. The lowest BCUT2D eigenvalue weighted by Gasteiger charge is -2.18. The van der Waals surface area contributed by atoms with Gasteiger partial charge in [0.05, 0.1) is 23.1 Å². The van der Waals surface area contributed by atoms with Gasteiger partial charge in [-0.2, -0.15) is 0 Å². The molecule has 0 saturated carbocycles. The van der Waals surface area contributed by atoms with Gasteiger partial charge < -0.3 is 9.67 Å². The minimum Gasteiger partial charge on any atom is -0.481 e. The highest BCUT2D eigenvalue weighted by molar-refractivity contribution is 7.91. The summed E-state index contributed by atoms with van der Waals surface area (Å²) in [7, 11) is -1.02. The van der Waals surface area contributed by atoms with Gasteiger partial charge in [0.15, 0.2) is 9.84 Å². The number of hydrogen-bond acceptors (Lipinski definition) is 4. The maximum Gasteiger partial charge on any atom is 0.306 e. The smallest absolute Gasteiger partial charge is 0.306 e. The molecule has 2 unspecified atom stereocenters. The van der Waals surface area contributed by atoms with E-state index in [1.165, 1.54) is 0 Å². The molecule has 0 aromatic carbocycles. The van der Waals surface area contributed by atoms with Gasteiger partial charge in [0, 0.05) is 25.1 Å². The summed E-state index contributed by atoms with van der Waals surface area (Å²) >= 11 is 0. The summed E-state index contributed by atoms with van der Waals surface area (Å²) in [6.45, 7) is 0. The van der Waals surface area contributed by atoms with E-state index in [0.29, 0.717) is 25.7 Å². The Kier molecular flexibility index (Phi) is 3.12. The van der Waals surface area contributed by atoms with Crippen molar-refractivity contribution in [3.05, 3.63) is 17.2 Å². The number of carboxylic acids is 1. The molecule has 2 atom stereocenters. The molecule has 0 spiro atoms. The molecule has 1 N–H and O–H groups in total. The summed E-state index contributed by atoms with van der Waals surface area (Å²) in [5, 5.41) is 9.11. The Balaban J connectivity index is 1.91. The van der Waals surface area contributed by atoms with Crippen LogP contribution in [-0.2, 0) is 34.5 Å². The quantitative estimate of drug-likeness (QED) is 0.859. The van der Waals surface area contributed by atoms with Gasteiger partial charge in [-0.15, -0.1) is 0 Å². The van der Waals surface area contributed by atoms with Gasteiger partial charge in [-0.1, -0.05) is 0 Å². The van der Waals surface area contributed by atoms with Crippen LogP contribution in [0.3, 0.4) is 0 Å². The minimum atomic E-state index is -2.93. The van der Waals surface area contributed by atoms with Crippen LogP contribution in [0.1, 0.15) is 36.0 Å². The summed E-state index contributed by atoms with van der Waals surface area (Å²) in [6, 6.07) is 0. The van der Waals surface area contributed by atoms with E-state index in [1.54, 1.807) is 0 Å². The molecule has 7 heteroatoms. The lowest BCUT2D eigenvalue weighted by atomic mass is 9.90. The van der Waals surface area contributed by atoms with Crippen molar-refractivity contribution in [2.75, 3.05) is 11.5 Å². The third-order valence-corrected chi connectivity index (χ3v) is 6.22. The second kappa shape index (κ2) is 4.58. The molecule has 0 amide bonds. The summed E-state index contributed by atoms with van der Waals surface area (Å²) in [4.78, 5) is 15.6. The predicted molar refractivity (Wildman–Crippen MR) is 72.4 cm³/mol. The second-order valence-corrected chi connectivity index (χ2v) is 8.03. The molecule has 1 aliphatic carbocycles. The molecule has 1 aromatic heterocycles.